The molecule has 2 saturated heterocycles. The van der Waals surface area contributed by atoms with Crippen molar-refractivity contribution in [3.63, 3.8) is 0 Å². The molecule has 2 aliphatic heterocycles. The Balaban J connectivity index is 1.58. The summed E-state index contributed by atoms with van der Waals surface area (Å²) in [6, 6.07) is 10.6. The smallest absolute Gasteiger partial charge is 0.196 e. The molecule has 2 heterocycles. The van der Waals surface area contributed by atoms with Crippen LogP contribution in [0.1, 0.15) is 31.8 Å². The quantitative estimate of drug-likeness (QED) is 0.663. The fraction of sp³-hybridized carbons (Fsp3) is 0.300. The van der Waals surface area contributed by atoms with Gasteiger partial charge in [0.2, 0.25) is 0 Å². The number of rotatable bonds is 6. The van der Waals surface area contributed by atoms with Crippen LogP contribution in [-0.4, -0.2) is 50.1 Å². The zero-order valence-corrected chi connectivity index (χ0v) is 14.1. The Hall–Kier alpha value is -2.70. The second-order valence-electron chi connectivity index (χ2n) is 6.79. The number of hydrogen-bond donors (Lipinski definition) is 2. The highest BCUT2D eigenvalue weighted by Crippen LogP contribution is 2.37. The van der Waals surface area contributed by atoms with Crippen LogP contribution >= 0.6 is 0 Å². The topological polar surface area (TPSA) is 83.3 Å². The molecule has 5 rings (SSSR count). The minimum absolute atomic E-state index is 0.113. The maximum atomic E-state index is 13.2. The Labute approximate surface area is 150 Å². The van der Waals surface area contributed by atoms with Gasteiger partial charge >= 0.3 is 0 Å². The zero-order valence-electron chi connectivity index (χ0n) is 14.1. The van der Waals surface area contributed by atoms with Crippen LogP contribution in [0, 0.1) is 0 Å². The number of nitrogens with one attached hydrogen (secondary N) is 2. The Kier molecular flexibility index (Phi) is 3.55. The van der Waals surface area contributed by atoms with E-state index < -0.39 is 0 Å². The fourth-order valence-electron chi connectivity index (χ4n) is 3.33. The zero-order chi connectivity index (χ0) is 17.7. The first-order valence-corrected chi connectivity index (χ1v) is 8.79. The summed E-state index contributed by atoms with van der Waals surface area (Å²) in [5.41, 5.74) is 3.29. The van der Waals surface area contributed by atoms with Crippen LogP contribution in [-0.2, 0) is 9.47 Å². The molecule has 2 fully saturated rings. The molecule has 26 heavy (non-hydrogen) atoms. The minimum Gasteiger partial charge on any atom is -0.381 e. The number of ether oxygens (including phenoxy) is 2. The van der Waals surface area contributed by atoms with Crippen molar-refractivity contribution >= 4 is 22.9 Å². The third-order valence-corrected chi connectivity index (χ3v) is 4.92. The van der Waals surface area contributed by atoms with Crippen LogP contribution < -0.4 is 10.6 Å². The molecule has 1 aliphatic carbocycles. The second-order valence-corrected chi connectivity index (χ2v) is 6.79. The molecule has 0 saturated carbocycles. The monoisotopic (exact) mass is 350 g/mol. The summed E-state index contributed by atoms with van der Waals surface area (Å²) in [7, 11) is 0. The number of hydrogen-bond acceptors (Lipinski definition) is 6. The first-order chi connectivity index (χ1) is 12.7. The molecule has 6 nitrogen and oxygen atoms in total. The number of anilines is 2. The van der Waals surface area contributed by atoms with Gasteiger partial charge in [-0.25, -0.2) is 0 Å². The van der Waals surface area contributed by atoms with E-state index in [1.807, 2.05) is 6.07 Å². The molecule has 6 heteroatoms. The number of epoxide rings is 2. The second kappa shape index (κ2) is 5.93. The standard InChI is InChI=1S/C20H18N2O4/c23-19-13-3-1-2-4-14(13)20(24)17-15(19)5-6-16(21-7-11-9-25-11)18(17)22-8-12-10-26-12/h1-6,11-12,21-22H,7-10H2. The van der Waals surface area contributed by atoms with Crippen molar-refractivity contribution in [2.24, 2.45) is 0 Å². The Morgan fingerprint density at radius 2 is 1.42 bits per heavy atom. The van der Waals surface area contributed by atoms with Crippen molar-refractivity contribution < 1.29 is 19.1 Å². The summed E-state index contributed by atoms with van der Waals surface area (Å²) < 4.78 is 10.5. The maximum absolute atomic E-state index is 13.2. The summed E-state index contributed by atoms with van der Waals surface area (Å²) in [5.74, 6) is -0.237. The summed E-state index contributed by atoms with van der Waals surface area (Å²) in [4.78, 5) is 26.1. The molecule has 0 amide bonds. The van der Waals surface area contributed by atoms with E-state index >= 15 is 0 Å². The van der Waals surface area contributed by atoms with Crippen molar-refractivity contribution in [2.75, 3.05) is 36.9 Å². The van der Waals surface area contributed by atoms with E-state index in [4.69, 9.17) is 9.47 Å². The number of ketones is 2. The van der Waals surface area contributed by atoms with Crippen LogP contribution in [0.25, 0.3) is 0 Å². The van der Waals surface area contributed by atoms with Gasteiger partial charge in [0.15, 0.2) is 11.6 Å². The Morgan fingerprint density at radius 3 is 2.08 bits per heavy atom. The van der Waals surface area contributed by atoms with Gasteiger partial charge in [-0.2, -0.15) is 0 Å². The van der Waals surface area contributed by atoms with Crippen molar-refractivity contribution in [3.05, 3.63) is 58.7 Å². The molecule has 2 atom stereocenters. The molecular weight excluding hydrogens is 332 g/mol. The SMILES string of the molecule is O=C1c2ccccc2C(=O)c2c1ccc(NCC1CO1)c2NCC1CO1. The van der Waals surface area contributed by atoms with E-state index in [2.05, 4.69) is 10.6 Å². The Morgan fingerprint density at radius 1 is 0.808 bits per heavy atom. The predicted octanol–water partition coefficient (Wildman–Crippen LogP) is 2.08. The van der Waals surface area contributed by atoms with E-state index in [1.54, 1.807) is 30.3 Å². The average Bonchev–Trinajstić information content (AvgIpc) is 3.57. The summed E-state index contributed by atoms with van der Waals surface area (Å²) in [6.45, 7) is 2.75. The van der Waals surface area contributed by atoms with Crippen LogP contribution in [0.4, 0.5) is 11.4 Å². The van der Waals surface area contributed by atoms with E-state index in [1.165, 1.54) is 0 Å². The van der Waals surface area contributed by atoms with Gasteiger partial charge < -0.3 is 20.1 Å². The molecule has 2 aromatic carbocycles. The van der Waals surface area contributed by atoms with Gasteiger partial charge in [0.1, 0.15) is 0 Å². The molecule has 0 radical (unpaired) electrons. The van der Waals surface area contributed by atoms with Gasteiger partial charge in [0, 0.05) is 29.8 Å². The normalized spacial score (nSPS) is 22.5. The molecule has 3 aliphatic rings. The molecule has 0 aromatic heterocycles. The first-order valence-electron chi connectivity index (χ1n) is 8.79. The van der Waals surface area contributed by atoms with Crippen LogP contribution in [0.3, 0.4) is 0 Å². The van der Waals surface area contributed by atoms with Crippen LogP contribution in [0.2, 0.25) is 0 Å². The van der Waals surface area contributed by atoms with Crippen LogP contribution in [0.15, 0.2) is 36.4 Å². The molecule has 2 aromatic rings. The van der Waals surface area contributed by atoms with E-state index in [-0.39, 0.29) is 23.8 Å². The molecule has 0 bridgehead atoms. The van der Waals surface area contributed by atoms with Gasteiger partial charge in [-0.05, 0) is 12.1 Å². The third kappa shape index (κ3) is 2.67. The lowest BCUT2D eigenvalue weighted by Crippen LogP contribution is -2.24. The molecule has 0 spiro atoms. The number of carbonyl (C=O) groups excluding carboxylic acids is 2. The van der Waals surface area contributed by atoms with Gasteiger partial charge in [-0.1, -0.05) is 24.3 Å². The molecular formula is C20H18N2O4. The number of benzene rings is 2. The van der Waals surface area contributed by atoms with Gasteiger partial charge in [-0.3, -0.25) is 9.59 Å². The molecule has 132 valence electrons. The fourth-order valence-corrected chi connectivity index (χ4v) is 3.33. The lowest BCUT2D eigenvalue weighted by molar-refractivity contribution is 0.0979. The highest BCUT2D eigenvalue weighted by atomic mass is 16.6. The van der Waals surface area contributed by atoms with Crippen molar-refractivity contribution in [1.29, 1.82) is 0 Å². The average molecular weight is 350 g/mol. The number of carbonyl (C=O) groups is 2. The van der Waals surface area contributed by atoms with Crippen molar-refractivity contribution in [2.45, 2.75) is 12.2 Å². The summed E-state index contributed by atoms with van der Waals surface area (Å²) >= 11 is 0. The van der Waals surface area contributed by atoms with E-state index in [0.29, 0.717) is 41.0 Å². The van der Waals surface area contributed by atoms with Gasteiger partial charge in [0.05, 0.1) is 42.4 Å². The van der Waals surface area contributed by atoms with Crippen LogP contribution in [0.5, 0.6) is 0 Å². The van der Waals surface area contributed by atoms with Crippen molar-refractivity contribution in [1.82, 2.24) is 0 Å². The highest BCUT2D eigenvalue weighted by Gasteiger charge is 2.34. The number of fused-ring (bicyclic) bond motifs is 2. The Bertz CT molecular complexity index is 916. The lowest BCUT2D eigenvalue weighted by atomic mass is 9.83. The summed E-state index contributed by atoms with van der Waals surface area (Å²) in [6.07, 6.45) is 0.371. The predicted molar refractivity (Wildman–Crippen MR) is 96.2 cm³/mol. The van der Waals surface area contributed by atoms with Crippen molar-refractivity contribution in [3.8, 4) is 0 Å². The molecule has 2 unspecified atom stereocenters. The maximum Gasteiger partial charge on any atom is 0.196 e. The third-order valence-electron chi connectivity index (χ3n) is 4.92. The lowest BCUT2D eigenvalue weighted by Gasteiger charge is -2.23. The largest absolute Gasteiger partial charge is 0.381 e. The molecule has 2 N–H and O–H groups in total. The highest BCUT2D eigenvalue weighted by molar-refractivity contribution is 6.30. The van der Waals surface area contributed by atoms with E-state index in [0.717, 1.165) is 18.9 Å². The minimum atomic E-state index is -0.124. The van der Waals surface area contributed by atoms with E-state index in [9.17, 15) is 9.59 Å². The van der Waals surface area contributed by atoms with Gasteiger partial charge in [-0.15, -0.1) is 0 Å². The summed E-state index contributed by atoms with van der Waals surface area (Å²) in [5, 5.41) is 6.66. The first kappa shape index (κ1) is 15.5. The van der Waals surface area contributed by atoms with Gasteiger partial charge in [0.25, 0.3) is 0 Å².